The van der Waals surface area contributed by atoms with Gasteiger partial charge in [0.05, 0.1) is 16.3 Å². The maximum atomic E-state index is 15.3. The zero-order chi connectivity index (χ0) is 26.2. The van der Waals surface area contributed by atoms with E-state index in [0.29, 0.717) is 11.3 Å². The molecule has 1 aliphatic carbocycles. The van der Waals surface area contributed by atoms with E-state index in [2.05, 4.69) is 16.0 Å². The number of nitrogens with zero attached hydrogens (tertiary/aromatic N) is 1. The fraction of sp³-hybridized carbons (Fsp3) is 0.207. The Labute approximate surface area is 251 Å². The number of rotatable bonds is 7. The van der Waals surface area contributed by atoms with Crippen LogP contribution in [-0.2, 0) is 14.9 Å². The number of benzene rings is 3. The average Bonchev–Trinajstić information content (AvgIpc) is 3.64. The fourth-order valence-corrected chi connectivity index (χ4v) is 5.13. The normalized spacial score (nSPS) is 13.8. The minimum atomic E-state index is -0.723. The molecule has 6 nitrogen and oxygen atoms in total. The van der Waals surface area contributed by atoms with Gasteiger partial charge in [0.1, 0.15) is 17.7 Å². The van der Waals surface area contributed by atoms with Gasteiger partial charge in [0.2, 0.25) is 0 Å². The summed E-state index contributed by atoms with van der Waals surface area (Å²) in [7, 11) is 0. The molecule has 1 fully saturated rings. The number of aromatic nitrogens is 1. The zero-order valence-electron chi connectivity index (χ0n) is 21.6. The van der Waals surface area contributed by atoms with E-state index in [0.717, 1.165) is 47.6 Å². The molecule has 39 heavy (non-hydrogen) atoms. The molecular weight excluding hydrogens is 533 g/mol. The van der Waals surface area contributed by atoms with Crippen LogP contribution in [0.2, 0.25) is 0 Å². The molecule has 1 amide bonds. The molecule has 4 aromatic rings. The summed E-state index contributed by atoms with van der Waals surface area (Å²) in [4.78, 5) is 24.1. The van der Waals surface area contributed by atoms with Crippen molar-refractivity contribution in [3.8, 4) is 21.6 Å². The van der Waals surface area contributed by atoms with Crippen LogP contribution in [0.4, 0.5) is 19.3 Å². The van der Waals surface area contributed by atoms with Crippen LogP contribution in [0.25, 0.3) is 21.6 Å². The number of amides is 1. The molecule has 0 aliphatic heterocycles. The average molecular weight is 558 g/mol. The second-order valence-corrected chi connectivity index (χ2v) is 9.90. The second-order valence-electron chi connectivity index (χ2n) is 9.13. The van der Waals surface area contributed by atoms with Crippen LogP contribution in [0.15, 0.2) is 66.7 Å². The van der Waals surface area contributed by atoms with Crippen LogP contribution in [-0.4, -0.2) is 22.2 Å². The number of carbonyl (C=O) groups excluding carboxylic acids is 2. The first-order chi connectivity index (χ1) is 17.8. The van der Waals surface area contributed by atoms with E-state index in [-0.39, 0.29) is 56.7 Å². The maximum Gasteiger partial charge on any atom is 1.00 e. The molecule has 1 aliphatic rings. The molecule has 1 heterocycles. The Morgan fingerprint density at radius 3 is 2.28 bits per heavy atom. The molecule has 0 spiro atoms. The van der Waals surface area contributed by atoms with Crippen molar-refractivity contribution in [1.82, 2.24) is 4.37 Å². The van der Waals surface area contributed by atoms with Gasteiger partial charge in [0, 0.05) is 11.1 Å². The van der Waals surface area contributed by atoms with Crippen molar-refractivity contribution in [2.45, 2.75) is 38.2 Å². The third-order valence-corrected chi connectivity index (χ3v) is 7.61. The van der Waals surface area contributed by atoms with Crippen molar-refractivity contribution in [3.05, 3.63) is 95.2 Å². The van der Waals surface area contributed by atoms with Gasteiger partial charge in [-0.15, -0.1) is 5.41 Å². The smallest absolute Gasteiger partial charge is 0.870 e. The predicted molar refractivity (Wildman–Crippen MR) is 141 cm³/mol. The van der Waals surface area contributed by atoms with E-state index < -0.39 is 29.2 Å². The van der Waals surface area contributed by atoms with Crippen LogP contribution in [0.1, 0.15) is 42.7 Å². The predicted octanol–water partition coefficient (Wildman–Crippen LogP) is 4.34. The van der Waals surface area contributed by atoms with E-state index in [9.17, 15) is 9.59 Å². The molecule has 10 heteroatoms. The molecule has 1 saturated carbocycles. The standard InChI is InChI=1S/C29H23F2N2O3S.Na.H2O/c1-17-26(32-28(35)36-18(2)19-6-4-3-5-7-19)27(37-33-17)23-15-24(30)22(14-25(23)31)20-8-10-21(11-9-20)29(16-34)12-13-29;;/h3-11,14-15,18H,12-13H2,1-2H3,(H,32,35);;1H2/q-1;+1;/p-1/t18-;;/m1../s1. The third kappa shape index (κ3) is 6.28. The van der Waals surface area contributed by atoms with Crippen molar-refractivity contribution < 1.29 is 58.1 Å². The molecule has 0 radical (unpaired) electrons. The summed E-state index contributed by atoms with van der Waals surface area (Å²) in [5.74, 6) is -1.28. The zero-order valence-corrected chi connectivity index (χ0v) is 24.4. The molecule has 1 aromatic heterocycles. The Hall–Kier alpha value is -2.95. The number of ether oxygens (including phenoxy) is 1. The number of carbonyl (C=O) groups is 1. The van der Waals surface area contributed by atoms with Gasteiger partial charge >= 0.3 is 35.7 Å². The van der Waals surface area contributed by atoms with E-state index in [1.54, 1.807) is 38.1 Å². The first-order valence-corrected chi connectivity index (χ1v) is 12.6. The Morgan fingerprint density at radius 2 is 1.67 bits per heavy atom. The Kier molecular flexibility index (Phi) is 9.79. The molecular formula is C29H24F2N2NaO4S-. The Balaban J connectivity index is 0.00000210. The molecule has 5 rings (SSSR count). The third-order valence-electron chi connectivity index (χ3n) is 6.64. The molecule has 0 unspecified atom stereocenters. The van der Waals surface area contributed by atoms with Gasteiger partial charge in [-0.3, -0.25) is 11.6 Å². The summed E-state index contributed by atoms with van der Waals surface area (Å²) in [6, 6.07) is 18.4. The van der Waals surface area contributed by atoms with Crippen molar-refractivity contribution >= 4 is 29.6 Å². The Morgan fingerprint density at radius 1 is 1.05 bits per heavy atom. The van der Waals surface area contributed by atoms with Crippen LogP contribution in [0.3, 0.4) is 0 Å². The monoisotopic (exact) mass is 557 g/mol. The topological polar surface area (TPSA) is 98.3 Å². The number of hydrogen-bond donors (Lipinski definition) is 1. The fourth-order valence-electron chi connectivity index (χ4n) is 4.27. The van der Waals surface area contributed by atoms with Crippen molar-refractivity contribution in [3.63, 3.8) is 0 Å². The van der Waals surface area contributed by atoms with Gasteiger partial charge in [-0.05, 0) is 48.6 Å². The van der Waals surface area contributed by atoms with Gasteiger partial charge in [-0.25, -0.2) is 13.6 Å². The molecule has 1 atom stereocenters. The van der Waals surface area contributed by atoms with Crippen LogP contribution in [0, 0.1) is 18.6 Å². The van der Waals surface area contributed by atoms with E-state index >= 15 is 8.78 Å². The summed E-state index contributed by atoms with van der Waals surface area (Å²) < 4.78 is 40.2. The molecule has 0 bridgehead atoms. The van der Waals surface area contributed by atoms with Crippen LogP contribution in [0.5, 0.6) is 0 Å². The van der Waals surface area contributed by atoms with Gasteiger partial charge in [0.25, 0.3) is 0 Å². The van der Waals surface area contributed by atoms with E-state index in [1.807, 2.05) is 30.3 Å². The minimum Gasteiger partial charge on any atom is -0.870 e. The summed E-state index contributed by atoms with van der Waals surface area (Å²) in [5, 5.41) is 2.65. The van der Waals surface area contributed by atoms with Crippen LogP contribution < -0.4 is 34.9 Å². The van der Waals surface area contributed by atoms with Gasteiger partial charge in [-0.2, -0.15) is 4.37 Å². The van der Waals surface area contributed by atoms with Crippen LogP contribution >= 0.6 is 11.5 Å². The van der Waals surface area contributed by atoms with Gasteiger partial charge in [0.15, 0.2) is 0 Å². The summed E-state index contributed by atoms with van der Waals surface area (Å²) in [5.41, 5.74) is 2.40. The van der Waals surface area contributed by atoms with Gasteiger partial charge < -0.3 is 15.0 Å². The number of aryl methyl sites for hydroxylation is 1. The second kappa shape index (κ2) is 12.5. The Bertz CT molecular complexity index is 1470. The summed E-state index contributed by atoms with van der Waals surface area (Å²) in [6.07, 6.45) is 2.35. The molecule has 196 valence electrons. The number of hydrogen-bond acceptors (Lipinski definition) is 6. The largest absolute Gasteiger partial charge is 1.00 e. The molecule has 3 aromatic carbocycles. The number of nitrogens with one attached hydrogen (secondary N) is 1. The summed E-state index contributed by atoms with van der Waals surface area (Å²) in [6.45, 7) is 3.42. The van der Waals surface area contributed by atoms with Crippen molar-refractivity contribution in [2.24, 2.45) is 0 Å². The van der Waals surface area contributed by atoms with E-state index in [1.165, 1.54) is 0 Å². The minimum absolute atomic E-state index is 0. The van der Waals surface area contributed by atoms with Crippen molar-refractivity contribution in [1.29, 1.82) is 0 Å². The number of halogens is 2. The first-order valence-electron chi connectivity index (χ1n) is 11.8. The maximum absolute atomic E-state index is 15.3. The van der Waals surface area contributed by atoms with Gasteiger partial charge in [-0.1, -0.05) is 73.0 Å². The quantitative estimate of drug-likeness (QED) is 0.269. The van der Waals surface area contributed by atoms with Crippen molar-refractivity contribution in [2.75, 3.05) is 5.32 Å². The number of anilines is 1. The molecule has 2 N–H and O–H groups in total. The SMILES string of the molecule is Cc1nsc(-c2cc(F)c(-c3ccc(C4([C-]=O)CC4)cc3)cc2F)c1NC(=O)O[C@H](C)c1ccccc1.[Na+].[OH-]. The summed E-state index contributed by atoms with van der Waals surface area (Å²) >= 11 is 0.962. The van der Waals surface area contributed by atoms with E-state index in [4.69, 9.17) is 4.74 Å². The first kappa shape index (κ1) is 30.6. The molecule has 0 saturated heterocycles.